The lowest BCUT2D eigenvalue weighted by molar-refractivity contribution is -0.132. The van der Waals surface area contributed by atoms with Crippen LogP contribution < -0.4 is 4.90 Å². The lowest BCUT2D eigenvalue weighted by Crippen LogP contribution is -2.54. The van der Waals surface area contributed by atoms with E-state index < -0.39 is 20.7 Å². The fraction of sp³-hybridized carbons (Fsp3) is 0.579. The summed E-state index contributed by atoms with van der Waals surface area (Å²) in [6.45, 7) is 8.08. The zero-order valence-electron chi connectivity index (χ0n) is 16.6. The van der Waals surface area contributed by atoms with Crippen LogP contribution in [0.2, 0.25) is 5.02 Å². The van der Waals surface area contributed by atoms with Gasteiger partial charge in [0.2, 0.25) is 21.8 Å². The number of nitrogens with zero attached hydrogens (tertiary/aromatic N) is 3. The van der Waals surface area contributed by atoms with Gasteiger partial charge in [0.15, 0.2) is 0 Å². The number of halogens is 1. The third kappa shape index (κ3) is 3.53. The molecular formula is C19H26ClN3O4S. The van der Waals surface area contributed by atoms with E-state index in [9.17, 15) is 18.0 Å². The molecule has 1 saturated heterocycles. The largest absolute Gasteiger partial charge is 0.339 e. The van der Waals surface area contributed by atoms with Crippen LogP contribution in [0.15, 0.2) is 18.2 Å². The van der Waals surface area contributed by atoms with Gasteiger partial charge in [-0.2, -0.15) is 4.31 Å². The Hall–Kier alpha value is -1.64. The van der Waals surface area contributed by atoms with E-state index in [1.165, 1.54) is 9.21 Å². The van der Waals surface area contributed by atoms with Crippen molar-refractivity contribution in [1.29, 1.82) is 0 Å². The van der Waals surface area contributed by atoms with Crippen molar-refractivity contribution in [1.82, 2.24) is 9.21 Å². The molecule has 0 saturated carbocycles. The van der Waals surface area contributed by atoms with Gasteiger partial charge >= 0.3 is 0 Å². The molecule has 28 heavy (non-hydrogen) atoms. The average molecular weight is 428 g/mol. The first-order valence-electron chi connectivity index (χ1n) is 9.35. The Labute approximate surface area is 171 Å². The number of benzene rings is 1. The summed E-state index contributed by atoms with van der Waals surface area (Å²) in [5.41, 5.74) is 0.768. The van der Waals surface area contributed by atoms with E-state index in [1.807, 2.05) is 13.8 Å². The normalized spacial score (nSPS) is 20.0. The molecule has 154 valence electrons. The second-order valence-electron chi connectivity index (χ2n) is 8.05. The third-order valence-corrected chi connectivity index (χ3v) is 8.05. The van der Waals surface area contributed by atoms with Crippen LogP contribution in [0.1, 0.15) is 33.3 Å². The second kappa shape index (κ2) is 7.31. The predicted octanol–water partition coefficient (Wildman–Crippen LogP) is 1.85. The molecule has 0 radical (unpaired) electrons. The first-order chi connectivity index (χ1) is 13.0. The molecule has 1 aromatic rings. The molecule has 2 amide bonds. The van der Waals surface area contributed by atoms with Crippen molar-refractivity contribution in [2.45, 2.75) is 38.4 Å². The maximum Gasteiger partial charge on any atom is 0.242 e. The van der Waals surface area contributed by atoms with Crippen molar-refractivity contribution < 1.29 is 18.0 Å². The minimum absolute atomic E-state index is 0.0617. The van der Waals surface area contributed by atoms with Gasteiger partial charge < -0.3 is 9.80 Å². The fourth-order valence-corrected chi connectivity index (χ4v) is 5.13. The predicted molar refractivity (Wildman–Crippen MR) is 109 cm³/mol. The molecule has 0 N–H and O–H groups in total. The van der Waals surface area contributed by atoms with Crippen LogP contribution in [0.25, 0.3) is 0 Å². The van der Waals surface area contributed by atoms with Gasteiger partial charge in [0.05, 0.1) is 10.7 Å². The number of hydrogen-bond donors (Lipinski definition) is 0. The van der Waals surface area contributed by atoms with Crippen LogP contribution in [0.5, 0.6) is 0 Å². The zero-order valence-corrected chi connectivity index (χ0v) is 18.2. The van der Waals surface area contributed by atoms with Gasteiger partial charge in [-0.3, -0.25) is 9.59 Å². The number of sulfonamides is 1. The van der Waals surface area contributed by atoms with Gasteiger partial charge in [-0.1, -0.05) is 11.6 Å². The number of hydrogen-bond acceptors (Lipinski definition) is 4. The van der Waals surface area contributed by atoms with Gasteiger partial charge in [-0.15, -0.1) is 0 Å². The summed E-state index contributed by atoms with van der Waals surface area (Å²) in [7, 11) is -3.32. The molecule has 3 rings (SSSR count). The van der Waals surface area contributed by atoms with E-state index in [-0.39, 0.29) is 31.4 Å². The van der Waals surface area contributed by atoms with Gasteiger partial charge in [-0.05, 0) is 51.5 Å². The number of piperazine rings is 1. The monoisotopic (exact) mass is 427 g/mol. The summed E-state index contributed by atoms with van der Waals surface area (Å²) in [6, 6.07) is 5.25. The zero-order chi connectivity index (χ0) is 20.9. The lowest BCUT2D eigenvalue weighted by atomic mass is 9.86. The molecule has 9 heteroatoms. The van der Waals surface area contributed by atoms with Crippen molar-refractivity contribution in [3.8, 4) is 0 Å². The minimum atomic E-state index is -3.32. The molecule has 1 fully saturated rings. The van der Waals surface area contributed by atoms with Gasteiger partial charge in [0.1, 0.15) is 6.54 Å². The second-order valence-corrected chi connectivity index (χ2v) is 11.0. The van der Waals surface area contributed by atoms with Crippen molar-refractivity contribution in [3.05, 3.63) is 28.8 Å². The molecule has 0 bridgehead atoms. The fourth-order valence-electron chi connectivity index (χ4n) is 3.69. The topological polar surface area (TPSA) is 78.0 Å². The van der Waals surface area contributed by atoms with E-state index in [0.29, 0.717) is 23.8 Å². The Kier molecular flexibility index (Phi) is 5.51. The number of fused-ring (bicyclic) bond motifs is 1. The molecule has 2 aliphatic rings. The Balaban J connectivity index is 1.71. The van der Waals surface area contributed by atoms with Crippen LogP contribution >= 0.6 is 11.6 Å². The third-order valence-electron chi connectivity index (χ3n) is 5.54. The SMILES string of the molecule is CC(C)S(=O)(=O)N1CCN(C(=O)CN2C(=O)C(C)(C)c3cc(Cl)ccc32)CC1. The summed E-state index contributed by atoms with van der Waals surface area (Å²) in [4.78, 5) is 28.8. The summed E-state index contributed by atoms with van der Waals surface area (Å²) in [6.07, 6.45) is 0. The Bertz CT molecular complexity index is 906. The smallest absolute Gasteiger partial charge is 0.242 e. The van der Waals surface area contributed by atoms with Crippen LogP contribution in [-0.2, 0) is 25.0 Å². The summed E-state index contributed by atoms with van der Waals surface area (Å²) < 4.78 is 26.0. The summed E-state index contributed by atoms with van der Waals surface area (Å²) in [5, 5.41) is 0.0674. The number of carbonyl (C=O) groups is 2. The highest BCUT2D eigenvalue weighted by molar-refractivity contribution is 7.89. The molecule has 2 aliphatic heterocycles. The van der Waals surface area contributed by atoms with Crippen LogP contribution in [0, 0.1) is 0 Å². The highest BCUT2D eigenvalue weighted by Crippen LogP contribution is 2.42. The van der Waals surface area contributed by atoms with E-state index in [0.717, 1.165) is 5.56 Å². The number of amides is 2. The van der Waals surface area contributed by atoms with Crippen LogP contribution in [0.3, 0.4) is 0 Å². The van der Waals surface area contributed by atoms with Crippen molar-refractivity contribution in [2.24, 2.45) is 0 Å². The van der Waals surface area contributed by atoms with Crippen molar-refractivity contribution in [2.75, 3.05) is 37.6 Å². The molecule has 1 aromatic carbocycles. The van der Waals surface area contributed by atoms with Crippen molar-refractivity contribution >= 4 is 39.1 Å². The van der Waals surface area contributed by atoms with E-state index >= 15 is 0 Å². The maximum absolute atomic E-state index is 12.9. The molecule has 0 atom stereocenters. The number of carbonyl (C=O) groups excluding carboxylic acids is 2. The average Bonchev–Trinajstić information content (AvgIpc) is 2.82. The Morgan fingerprint density at radius 3 is 2.36 bits per heavy atom. The highest BCUT2D eigenvalue weighted by atomic mass is 35.5. The van der Waals surface area contributed by atoms with Gasteiger partial charge in [0, 0.05) is 36.9 Å². The van der Waals surface area contributed by atoms with Crippen LogP contribution in [-0.4, -0.2) is 67.4 Å². The molecule has 0 unspecified atom stereocenters. The summed E-state index contributed by atoms with van der Waals surface area (Å²) in [5.74, 6) is -0.326. The lowest BCUT2D eigenvalue weighted by Gasteiger charge is -2.35. The molecule has 0 aromatic heterocycles. The Morgan fingerprint density at radius 1 is 1.18 bits per heavy atom. The molecular weight excluding hydrogens is 402 g/mol. The van der Waals surface area contributed by atoms with Crippen molar-refractivity contribution in [3.63, 3.8) is 0 Å². The van der Waals surface area contributed by atoms with E-state index in [1.54, 1.807) is 36.9 Å². The van der Waals surface area contributed by atoms with Crippen LogP contribution in [0.4, 0.5) is 5.69 Å². The molecule has 0 aliphatic carbocycles. The first-order valence-corrected chi connectivity index (χ1v) is 11.2. The Morgan fingerprint density at radius 2 is 1.79 bits per heavy atom. The molecule has 0 spiro atoms. The van der Waals surface area contributed by atoms with E-state index in [4.69, 9.17) is 11.6 Å². The molecule has 2 heterocycles. The number of anilines is 1. The van der Waals surface area contributed by atoms with Gasteiger partial charge in [-0.25, -0.2) is 8.42 Å². The first kappa shape index (κ1) is 21.1. The maximum atomic E-state index is 12.9. The minimum Gasteiger partial charge on any atom is -0.339 e. The highest BCUT2D eigenvalue weighted by Gasteiger charge is 2.45. The van der Waals surface area contributed by atoms with E-state index in [2.05, 4.69) is 0 Å². The standard InChI is InChI=1S/C19H26ClN3O4S/c1-13(2)28(26,27)22-9-7-21(8-10-22)17(24)12-23-16-6-5-14(20)11-15(16)19(3,4)18(23)25/h5-6,11,13H,7-10,12H2,1-4H3. The molecule has 7 nitrogen and oxygen atoms in total. The van der Waals surface area contributed by atoms with Gasteiger partial charge in [0.25, 0.3) is 0 Å². The summed E-state index contributed by atoms with van der Waals surface area (Å²) >= 11 is 6.09. The number of rotatable bonds is 4. The quantitative estimate of drug-likeness (QED) is 0.734.